The fourth-order valence-electron chi connectivity index (χ4n) is 3.19. The van der Waals surface area contributed by atoms with Crippen LogP contribution in [0.1, 0.15) is 15.9 Å². The second-order valence-electron chi connectivity index (χ2n) is 6.86. The Morgan fingerprint density at radius 1 is 1.10 bits per heavy atom. The van der Waals surface area contributed by atoms with Crippen molar-refractivity contribution >= 4 is 27.5 Å². The van der Waals surface area contributed by atoms with Gasteiger partial charge in [0.1, 0.15) is 0 Å². The lowest BCUT2D eigenvalue weighted by Gasteiger charge is -2.34. The number of halogens is 1. The Morgan fingerprint density at radius 3 is 2.45 bits per heavy atom. The Labute approximate surface area is 176 Å². The molecule has 2 aromatic rings. The molecule has 0 radical (unpaired) electrons. The monoisotopic (exact) mass is 433 g/mol. The number of benzene rings is 2. The van der Waals surface area contributed by atoms with E-state index in [-0.39, 0.29) is 17.3 Å². The number of amides is 1. The number of nitrogens with one attached hydrogen (secondary N) is 1. The molecule has 2 aromatic carbocycles. The molecular weight excluding hydrogens is 410 g/mol. The summed E-state index contributed by atoms with van der Waals surface area (Å²) in [5.41, 5.74) is 1.55. The van der Waals surface area contributed by atoms with Crippen molar-refractivity contribution in [1.82, 2.24) is 14.5 Å². The summed E-state index contributed by atoms with van der Waals surface area (Å²) in [7, 11) is -3.67. The van der Waals surface area contributed by atoms with Crippen molar-refractivity contribution in [2.45, 2.75) is 11.4 Å². The van der Waals surface area contributed by atoms with Gasteiger partial charge in [-0.25, -0.2) is 13.1 Å². The Morgan fingerprint density at radius 2 is 1.79 bits per heavy atom. The van der Waals surface area contributed by atoms with E-state index in [1.165, 1.54) is 23.8 Å². The largest absolute Gasteiger partial charge is 0.336 e. The van der Waals surface area contributed by atoms with Crippen molar-refractivity contribution in [3.8, 4) is 0 Å². The third-order valence-electron chi connectivity index (χ3n) is 4.79. The van der Waals surface area contributed by atoms with E-state index >= 15 is 0 Å². The maximum absolute atomic E-state index is 12.9. The van der Waals surface area contributed by atoms with Crippen LogP contribution in [0.5, 0.6) is 0 Å². The van der Waals surface area contributed by atoms with Crippen molar-refractivity contribution < 1.29 is 13.2 Å². The van der Waals surface area contributed by atoms with E-state index in [0.29, 0.717) is 23.7 Å². The van der Waals surface area contributed by atoms with Gasteiger partial charge in [0, 0.05) is 49.9 Å². The molecule has 0 unspecified atom stereocenters. The van der Waals surface area contributed by atoms with Crippen molar-refractivity contribution in [1.29, 1.82) is 0 Å². The van der Waals surface area contributed by atoms with E-state index in [1.807, 2.05) is 24.3 Å². The Bertz CT molecular complexity index is 969. The van der Waals surface area contributed by atoms with Gasteiger partial charge in [-0.15, -0.1) is 6.58 Å². The molecule has 1 aliphatic heterocycles. The summed E-state index contributed by atoms with van der Waals surface area (Å²) in [4.78, 5) is 17.0. The molecule has 6 nitrogen and oxygen atoms in total. The van der Waals surface area contributed by atoms with E-state index in [0.717, 1.165) is 19.6 Å². The van der Waals surface area contributed by atoms with Crippen LogP contribution in [-0.2, 0) is 16.6 Å². The molecule has 154 valence electrons. The van der Waals surface area contributed by atoms with Crippen molar-refractivity contribution in [3.63, 3.8) is 0 Å². The first kappa shape index (κ1) is 21.5. The summed E-state index contributed by atoms with van der Waals surface area (Å²) in [5, 5.41) is 0.716. The standard InChI is InChI=1S/C21H24ClN3O3S/c1-2-10-23-29(27,28)20-5-3-4-18(15-20)21(26)25-13-11-24(12-14-25)16-17-6-8-19(22)9-7-17/h2-9,15,23H,1,10-14,16H2. The van der Waals surface area contributed by atoms with Crippen LogP contribution in [0.3, 0.4) is 0 Å². The smallest absolute Gasteiger partial charge is 0.253 e. The third kappa shape index (κ3) is 5.67. The molecule has 0 atom stereocenters. The van der Waals surface area contributed by atoms with Gasteiger partial charge < -0.3 is 4.90 Å². The predicted molar refractivity (Wildman–Crippen MR) is 114 cm³/mol. The Balaban J connectivity index is 1.61. The highest BCUT2D eigenvalue weighted by Crippen LogP contribution is 2.16. The average molecular weight is 434 g/mol. The van der Waals surface area contributed by atoms with Crippen LogP contribution in [0.25, 0.3) is 0 Å². The van der Waals surface area contributed by atoms with Gasteiger partial charge in [-0.1, -0.05) is 35.9 Å². The highest BCUT2D eigenvalue weighted by Gasteiger charge is 2.23. The summed E-state index contributed by atoms with van der Waals surface area (Å²) < 4.78 is 27.0. The number of rotatable bonds is 7. The number of nitrogens with zero attached hydrogens (tertiary/aromatic N) is 2. The molecule has 1 aliphatic rings. The topological polar surface area (TPSA) is 69.7 Å². The molecule has 0 saturated carbocycles. The molecule has 1 heterocycles. The number of hydrogen-bond acceptors (Lipinski definition) is 4. The quantitative estimate of drug-likeness (QED) is 0.681. The molecular formula is C21H24ClN3O3S. The first-order valence-electron chi connectivity index (χ1n) is 9.36. The molecule has 8 heteroatoms. The van der Waals surface area contributed by atoms with E-state index in [4.69, 9.17) is 11.6 Å². The van der Waals surface area contributed by atoms with E-state index < -0.39 is 10.0 Å². The fraction of sp³-hybridized carbons (Fsp3) is 0.286. The molecule has 1 fully saturated rings. The summed E-state index contributed by atoms with van der Waals surface area (Å²) in [6, 6.07) is 13.9. The minimum absolute atomic E-state index is 0.0755. The number of piperazine rings is 1. The van der Waals surface area contributed by atoms with Gasteiger partial charge in [-0.05, 0) is 35.9 Å². The van der Waals surface area contributed by atoms with Crippen LogP contribution in [0, 0.1) is 0 Å². The second kappa shape index (κ2) is 9.54. The summed E-state index contributed by atoms with van der Waals surface area (Å²) >= 11 is 5.93. The van der Waals surface area contributed by atoms with Crippen molar-refractivity contribution in [3.05, 3.63) is 77.3 Å². The Hall–Kier alpha value is -2.19. The highest BCUT2D eigenvalue weighted by atomic mass is 35.5. The van der Waals surface area contributed by atoms with Gasteiger partial charge in [0.05, 0.1) is 4.90 Å². The van der Waals surface area contributed by atoms with Crippen LogP contribution >= 0.6 is 11.6 Å². The van der Waals surface area contributed by atoms with E-state index in [1.54, 1.807) is 17.0 Å². The fourth-order valence-corrected chi connectivity index (χ4v) is 4.36. The first-order valence-corrected chi connectivity index (χ1v) is 11.2. The third-order valence-corrected chi connectivity index (χ3v) is 6.46. The lowest BCUT2D eigenvalue weighted by atomic mass is 10.1. The molecule has 0 spiro atoms. The van der Waals surface area contributed by atoms with E-state index in [2.05, 4.69) is 16.2 Å². The normalized spacial score (nSPS) is 15.3. The first-order chi connectivity index (χ1) is 13.9. The lowest BCUT2D eigenvalue weighted by Crippen LogP contribution is -2.48. The highest BCUT2D eigenvalue weighted by molar-refractivity contribution is 7.89. The summed E-state index contributed by atoms with van der Waals surface area (Å²) in [6.45, 7) is 7.15. The predicted octanol–water partition coefficient (Wildman–Crippen LogP) is 2.76. The zero-order valence-corrected chi connectivity index (χ0v) is 17.6. The van der Waals surface area contributed by atoms with Gasteiger partial charge in [0.2, 0.25) is 10.0 Å². The molecule has 0 aromatic heterocycles. The lowest BCUT2D eigenvalue weighted by molar-refractivity contribution is 0.0628. The molecule has 29 heavy (non-hydrogen) atoms. The van der Waals surface area contributed by atoms with Gasteiger partial charge in [-0.2, -0.15) is 0 Å². The minimum atomic E-state index is -3.67. The Kier molecular flexibility index (Phi) is 7.08. The zero-order chi connectivity index (χ0) is 20.9. The average Bonchev–Trinajstić information content (AvgIpc) is 2.74. The molecule has 0 bridgehead atoms. The number of hydrogen-bond donors (Lipinski definition) is 1. The molecule has 1 saturated heterocycles. The number of sulfonamides is 1. The minimum Gasteiger partial charge on any atom is -0.336 e. The molecule has 1 N–H and O–H groups in total. The van der Waals surface area contributed by atoms with Crippen LogP contribution in [0.15, 0.2) is 66.1 Å². The second-order valence-corrected chi connectivity index (χ2v) is 9.07. The van der Waals surface area contributed by atoms with Gasteiger partial charge in [0.15, 0.2) is 0 Å². The van der Waals surface area contributed by atoms with Crippen molar-refractivity contribution in [2.75, 3.05) is 32.7 Å². The van der Waals surface area contributed by atoms with Gasteiger partial charge in [-0.3, -0.25) is 9.69 Å². The van der Waals surface area contributed by atoms with Gasteiger partial charge in [0.25, 0.3) is 5.91 Å². The molecule has 1 amide bonds. The van der Waals surface area contributed by atoms with Crippen LogP contribution in [-0.4, -0.2) is 56.8 Å². The van der Waals surface area contributed by atoms with Crippen molar-refractivity contribution in [2.24, 2.45) is 0 Å². The number of carbonyl (C=O) groups is 1. The van der Waals surface area contributed by atoms with Crippen LogP contribution < -0.4 is 4.72 Å². The van der Waals surface area contributed by atoms with Crippen LogP contribution in [0.2, 0.25) is 5.02 Å². The zero-order valence-electron chi connectivity index (χ0n) is 16.1. The van der Waals surface area contributed by atoms with Gasteiger partial charge >= 0.3 is 0 Å². The van der Waals surface area contributed by atoms with E-state index in [9.17, 15) is 13.2 Å². The summed E-state index contributed by atoms with van der Waals surface area (Å²) in [6.07, 6.45) is 1.47. The maximum atomic E-state index is 12.9. The maximum Gasteiger partial charge on any atom is 0.253 e. The SMILES string of the molecule is C=CCNS(=O)(=O)c1cccc(C(=O)N2CCN(Cc3ccc(Cl)cc3)CC2)c1. The molecule has 0 aliphatic carbocycles. The number of carbonyl (C=O) groups excluding carboxylic acids is 1. The van der Waals surface area contributed by atoms with Crippen LogP contribution in [0.4, 0.5) is 0 Å². The molecule has 3 rings (SSSR count). The summed E-state index contributed by atoms with van der Waals surface area (Å²) in [5.74, 6) is -0.156.